The maximum Gasteiger partial charge on any atom is 0.258 e. The Kier molecular flexibility index (Phi) is 5.61. The monoisotopic (exact) mass is 532 g/mol. The average molecular weight is 534 g/mol. The topological polar surface area (TPSA) is 49.4 Å². The molecule has 0 bridgehead atoms. The predicted molar refractivity (Wildman–Crippen MR) is 133 cm³/mol. The Hall–Kier alpha value is -1.57. The molecule has 2 aromatic carbocycles. The summed E-state index contributed by atoms with van der Waals surface area (Å²) in [7, 11) is -1.76. The molecule has 0 aromatic heterocycles. The van der Waals surface area contributed by atoms with E-state index in [1.165, 1.54) is 49.4 Å². The van der Waals surface area contributed by atoms with Gasteiger partial charge in [0.05, 0.1) is 4.90 Å². The molecule has 2 spiro atoms. The van der Waals surface area contributed by atoms with Crippen molar-refractivity contribution in [1.29, 1.82) is 0 Å². The van der Waals surface area contributed by atoms with Crippen LogP contribution < -0.4 is 9.62 Å². The summed E-state index contributed by atoms with van der Waals surface area (Å²) >= 11 is 3.62. The van der Waals surface area contributed by atoms with E-state index in [1.807, 2.05) is 37.8 Å². The van der Waals surface area contributed by atoms with Crippen molar-refractivity contribution < 1.29 is 13.4 Å². The summed E-state index contributed by atoms with van der Waals surface area (Å²) in [5.74, 6) is -0.748. The van der Waals surface area contributed by atoms with Gasteiger partial charge in [0.1, 0.15) is 16.8 Å². The summed E-state index contributed by atoms with van der Waals surface area (Å²) in [6.07, 6.45) is 7.31. The average Bonchev–Trinajstić information content (AvgIpc) is 3.45. The van der Waals surface area contributed by atoms with Gasteiger partial charge >= 0.3 is 0 Å². The summed E-state index contributed by atoms with van der Waals surface area (Å²) in [4.78, 5) is 15.6. The Labute approximate surface area is 206 Å². The molecule has 2 fully saturated rings. The first-order chi connectivity index (χ1) is 15.5. The number of fused-ring (bicyclic) bond motifs is 2. The van der Waals surface area contributed by atoms with Crippen molar-refractivity contribution in [3.63, 3.8) is 0 Å². The molecule has 0 saturated heterocycles. The van der Waals surface area contributed by atoms with Crippen LogP contribution in [-0.4, -0.2) is 22.2 Å². The summed E-state index contributed by atoms with van der Waals surface area (Å²) in [6, 6.07) is 10.3. The molecule has 2 aromatic rings. The van der Waals surface area contributed by atoms with E-state index in [0.29, 0.717) is 17.5 Å². The molecule has 2 aliphatic carbocycles. The van der Waals surface area contributed by atoms with Gasteiger partial charge in [-0.2, -0.15) is 0 Å². The fourth-order valence-electron chi connectivity index (χ4n) is 5.45. The van der Waals surface area contributed by atoms with Crippen molar-refractivity contribution in [3.8, 4) is 0 Å². The van der Waals surface area contributed by atoms with Gasteiger partial charge in [0.25, 0.3) is 5.91 Å². The molecule has 176 valence electrons. The van der Waals surface area contributed by atoms with Crippen molar-refractivity contribution in [2.24, 2.45) is 5.41 Å². The van der Waals surface area contributed by atoms with Crippen molar-refractivity contribution in [2.75, 3.05) is 11.4 Å². The van der Waals surface area contributed by atoms with Crippen LogP contribution in [0.15, 0.2) is 45.8 Å². The lowest BCUT2D eigenvalue weighted by Crippen LogP contribution is -2.40. The lowest BCUT2D eigenvalue weighted by molar-refractivity contribution is 0.0980. The Morgan fingerprint density at radius 3 is 2.36 bits per heavy atom. The fourth-order valence-corrected chi connectivity index (χ4v) is 6.96. The van der Waals surface area contributed by atoms with E-state index in [0.717, 1.165) is 23.0 Å². The molecule has 5 rings (SSSR count). The molecule has 4 nitrogen and oxygen atoms in total. The second-order valence-electron chi connectivity index (χ2n) is 11.1. The zero-order valence-electron chi connectivity index (χ0n) is 19.3. The zero-order chi connectivity index (χ0) is 23.6. The van der Waals surface area contributed by atoms with Gasteiger partial charge < -0.3 is 4.90 Å². The van der Waals surface area contributed by atoms with Gasteiger partial charge in [-0.05, 0) is 107 Å². The number of rotatable bonds is 3. The molecule has 2 saturated carbocycles. The number of hydrogen-bond donors (Lipinski definition) is 1. The molecule has 33 heavy (non-hydrogen) atoms. The minimum Gasteiger partial charge on any atom is -0.307 e. The normalized spacial score (nSPS) is 21.3. The Morgan fingerprint density at radius 1 is 1.06 bits per heavy atom. The molecule has 1 heterocycles. The smallest absolute Gasteiger partial charge is 0.258 e. The first kappa shape index (κ1) is 23.2. The van der Waals surface area contributed by atoms with Gasteiger partial charge in [0.2, 0.25) is 0 Å². The number of nitrogens with zero attached hydrogens (tertiary/aromatic N) is 1. The second kappa shape index (κ2) is 7.99. The highest BCUT2D eigenvalue weighted by Crippen LogP contribution is 2.62. The van der Waals surface area contributed by atoms with Crippen molar-refractivity contribution in [2.45, 2.75) is 75.1 Å². The minimum absolute atomic E-state index is 0.00839. The number of amides is 1. The molecular formula is C26H30BrFN2O2S. The summed E-state index contributed by atoms with van der Waals surface area (Å²) in [6.45, 7) is 6.25. The molecule has 1 atom stereocenters. The van der Waals surface area contributed by atoms with E-state index in [4.69, 9.17) is 0 Å². The molecule has 3 aliphatic rings. The number of carbonyl (C=O) groups excluding carboxylic acids is 1. The molecule has 1 aliphatic heterocycles. The van der Waals surface area contributed by atoms with E-state index in [2.05, 4.69) is 26.7 Å². The Balaban J connectivity index is 1.47. The SMILES string of the molecule is CC(C)(C)NS(=O)c1cc(C(=O)N2CC3(CCC4(CC4)CC3)c3cc(Br)ccc32)ccc1F. The standard InChI is InChI=1S/C26H30BrFN2O2S/c1-24(2,3)29-33(32)22-14-17(4-6-20(22)28)23(31)30-16-26(12-10-25(8-9-25)11-13-26)19-15-18(27)5-7-21(19)30/h4-7,14-15,29H,8-13,16H2,1-3H3. The van der Waals surface area contributed by atoms with E-state index < -0.39 is 22.3 Å². The lowest BCUT2D eigenvalue weighted by atomic mass is 9.66. The van der Waals surface area contributed by atoms with Crippen molar-refractivity contribution in [3.05, 3.63) is 57.8 Å². The molecular weight excluding hydrogens is 503 g/mol. The predicted octanol–water partition coefficient (Wildman–Crippen LogP) is 6.25. The largest absolute Gasteiger partial charge is 0.307 e. The van der Waals surface area contributed by atoms with Gasteiger partial charge in [-0.1, -0.05) is 15.9 Å². The quantitative estimate of drug-likeness (QED) is 0.507. The zero-order valence-corrected chi connectivity index (χ0v) is 21.7. The third kappa shape index (κ3) is 4.32. The van der Waals surface area contributed by atoms with Gasteiger partial charge in [-0.3, -0.25) is 4.79 Å². The highest BCUT2D eigenvalue weighted by molar-refractivity contribution is 9.10. The summed E-state index contributed by atoms with van der Waals surface area (Å²) < 4.78 is 31.2. The summed E-state index contributed by atoms with van der Waals surface area (Å²) in [5.41, 5.74) is 2.62. The van der Waals surface area contributed by atoms with Crippen molar-refractivity contribution >= 4 is 38.5 Å². The van der Waals surface area contributed by atoms with Crippen LogP contribution in [-0.2, 0) is 16.4 Å². The molecule has 1 unspecified atom stereocenters. The number of benzene rings is 2. The maximum absolute atomic E-state index is 14.5. The highest BCUT2D eigenvalue weighted by Gasteiger charge is 2.53. The lowest BCUT2D eigenvalue weighted by Gasteiger charge is -2.38. The number of hydrogen-bond acceptors (Lipinski definition) is 2. The second-order valence-corrected chi connectivity index (χ2v) is 13.2. The van der Waals surface area contributed by atoms with E-state index in [1.54, 1.807) is 0 Å². The molecule has 1 N–H and O–H groups in total. The van der Waals surface area contributed by atoms with E-state index in [9.17, 15) is 13.4 Å². The molecule has 0 radical (unpaired) electrons. The van der Waals surface area contributed by atoms with Crippen LogP contribution in [0.1, 0.15) is 75.2 Å². The van der Waals surface area contributed by atoms with Gasteiger partial charge in [0, 0.05) is 33.2 Å². The van der Waals surface area contributed by atoms with Crippen LogP contribution >= 0.6 is 15.9 Å². The van der Waals surface area contributed by atoms with Gasteiger partial charge in [0.15, 0.2) is 0 Å². The van der Waals surface area contributed by atoms with Crippen LogP contribution in [0.25, 0.3) is 0 Å². The first-order valence-electron chi connectivity index (χ1n) is 11.6. The van der Waals surface area contributed by atoms with Gasteiger partial charge in [-0.15, -0.1) is 0 Å². The van der Waals surface area contributed by atoms with E-state index in [-0.39, 0.29) is 16.2 Å². The minimum atomic E-state index is -1.76. The van der Waals surface area contributed by atoms with Gasteiger partial charge in [-0.25, -0.2) is 13.3 Å². The van der Waals surface area contributed by atoms with Crippen LogP contribution in [0.2, 0.25) is 0 Å². The third-order valence-electron chi connectivity index (χ3n) is 7.53. The first-order valence-corrected chi connectivity index (χ1v) is 13.6. The van der Waals surface area contributed by atoms with Crippen LogP contribution in [0.3, 0.4) is 0 Å². The third-order valence-corrected chi connectivity index (χ3v) is 9.53. The van der Waals surface area contributed by atoms with E-state index >= 15 is 0 Å². The Morgan fingerprint density at radius 2 is 1.73 bits per heavy atom. The van der Waals surface area contributed by atoms with Crippen molar-refractivity contribution in [1.82, 2.24) is 4.72 Å². The number of halogens is 2. The van der Waals surface area contributed by atoms with Crippen LogP contribution in [0, 0.1) is 11.2 Å². The Bertz CT molecular complexity index is 1150. The molecule has 1 amide bonds. The molecule has 7 heteroatoms. The maximum atomic E-state index is 14.5. The summed E-state index contributed by atoms with van der Waals surface area (Å²) in [5, 5.41) is 0. The highest BCUT2D eigenvalue weighted by atomic mass is 79.9. The van der Waals surface area contributed by atoms with Crippen LogP contribution in [0.5, 0.6) is 0 Å². The number of carbonyl (C=O) groups is 1. The number of anilines is 1. The fraction of sp³-hybridized carbons (Fsp3) is 0.500. The van der Waals surface area contributed by atoms with Crippen LogP contribution in [0.4, 0.5) is 10.1 Å². The number of nitrogens with one attached hydrogen (secondary N) is 1.